The zero-order valence-corrected chi connectivity index (χ0v) is 21.5. The Balaban J connectivity index is 1.45. The van der Waals surface area contributed by atoms with Crippen molar-refractivity contribution in [3.63, 3.8) is 0 Å². The van der Waals surface area contributed by atoms with Crippen LogP contribution in [0.15, 0.2) is 0 Å². The summed E-state index contributed by atoms with van der Waals surface area (Å²) in [6, 6.07) is 3.89. The first-order valence-corrected chi connectivity index (χ1v) is 14.8. The van der Waals surface area contributed by atoms with E-state index in [0.29, 0.717) is 0 Å². The molecule has 0 aliphatic heterocycles. The average Bonchev–Trinajstić information content (AvgIpc) is 2.86. The fraction of sp³-hybridized carbons (Fsp3) is 1.00. The van der Waals surface area contributed by atoms with Gasteiger partial charge >= 0.3 is 0 Å². The molecule has 0 unspecified atom stereocenters. The second-order valence-corrected chi connectivity index (χ2v) is 12.7. The molecule has 2 nitrogen and oxygen atoms in total. The van der Waals surface area contributed by atoms with Crippen LogP contribution in [0.5, 0.6) is 0 Å². The normalized spacial score (nSPS) is 26.9. The summed E-state index contributed by atoms with van der Waals surface area (Å²) in [7, 11) is 5.44. The summed E-state index contributed by atoms with van der Waals surface area (Å²) in [5.74, 6) is 0. The predicted molar refractivity (Wildman–Crippen MR) is 134 cm³/mol. The molecule has 4 aliphatic rings. The largest absolute Gasteiger partial charge is 0.321 e. The van der Waals surface area contributed by atoms with E-state index in [0.717, 1.165) is 24.2 Å². The van der Waals surface area contributed by atoms with E-state index in [9.17, 15) is 0 Å². The third-order valence-corrected chi connectivity index (χ3v) is 10.9. The van der Waals surface area contributed by atoms with Crippen LogP contribution in [0.25, 0.3) is 0 Å². The van der Waals surface area contributed by atoms with Gasteiger partial charge in [0, 0.05) is 6.42 Å². The number of nitrogens with zero attached hydrogens (tertiary/aromatic N) is 2. The molecule has 2 heteroatoms. The Labute approximate surface area is 195 Å². The predicted octanol–water partition coefficient (Wildman–Crippen LogP) is 7.60. The highest BCUT2D eigenvalue weighted by Crippen LogP contribution is 2.38. The Hall–Kier alpha value is -0.0800. The summed E-state index contributed by atoms with van der Waals surface area (Å²) in [6.45, 7) is 2.95. The first-order valence-electron chi connectivity index (χ1n) is 14.8. The molecule has 180 valence electrons. The van der Waals surface area contributed by atoms with Crippen molar-refractivity contribution in [2.75, 3.05) is 27.2 Å². The highest BCUT2D eigenvalue weighted by atomic mass is 15.4. The lowest BCUT2D eigenvalue weighted by Crippen LogP contribution is -2.63. The van der Waals surface area contributed by atoms with Gasteiger partial charge < -0.3 is 8.97 Å². The van der Waals surface area contributed by atoms with Crippen LogP contribution in [-0.4, -0.2) is 60.3 Å². The molecule has 4 saturated carbocycles. The summed E-state index contributed by atoms with van der Waals surface area (Å²) >= 11 is 0. The molecule has 0 radical (unpaired) electrons. The summed E-state index contributed by atoms with van der Waals surface area (Å²) in [5, 5.41) is 0. The van der Waals surface area contributed by atoms with Gasteiger partial charge in [-0.05, 0) is 103 Å². The van der Waals surface area contributed by atoms with Crippen molar-refractivity contribution in [2.24, 2.45) is 0 Å². The highest BCUT2D eigenvalue weighted by molar-refractivity contribution is 4.76. The molecule has 0 saturated heterocycles. The van der Waals surface area contributed by atoms with Gasteiger partial charge in [0.15, 0.2) is 0 Å². The van der Waals surface area contributed by atoms with Crippen LogP contribution >= 0.6 is 0 Å². The van der Waals surface area contributed by atoms with Crippen LogP contribution in [0.2, 0.25) is 0 Å². The molecule has 0 heterocycles. The van der Waals surface area contributed by atoms with Gasteiger partial charge in [0.25, 0.3) is 0 Å². The van der Waals surface area contributed by atoms with Crippen LogP contribution < -0.4 is 0 Å². The molecular weight excluding hydrogens is 376 g/mol. The first kappa shape index (κ1) is 24.1. The van der Waals surface area contributed by atoms with Crippen molar-refractivity contribution in [1.29, 1.82) is 0 Å². The Kier molecular flexibility index (Phi) is 8.82. The molecule has 0 bridgehead atoms. The van der Waals surface area contributed by atoms with E-state index in [1.54, 1.807) is 0 Å². The van der Waals surface area contributed by atoms with Crippen LogP contribution in [0.1, 0.15) is 135 Å². The number of hydrogen-bond acceptors (Lipinski definition) is 0. The molecule has 4 rings (SSSR count). The van der Waals surface area contributed by atoms with Crippen LogP contribution in [0.4, 0.5) is 0 Å². The van der Waals surface area contributed by atoms with Crippen molar-refractivity contribution in [3.05, 3.63) is 0 Å². The van der Waals surface area contributed by atoms with Crippen molar-refractivity contribution < 1.29 is 8.97 Å². The second-order valence-electron chi connectivity index (χ2n) is 12.7. The molecular formula is C29H56N2+2. The molecule has 0 aromatic rings. The van der Waals surface area contributed by atoms with Gasteiger partial charge in [0.1, 0.15) is 0 Å². The average molecular weight is 433 g/mol. The van der Waals surface area contributed by atoms with Crippen molar-refractivity contribution in [3.8, 4) is 0 Å². The maximum atomic E-state index is 2.72. The van der Waals surface area contributed by atoms with E-state index in [1.165, 1.54) is 157 Å². The second kappa shape index (κ2) is 11.4. The molecule has 31 heavy (non-hydrogen) atoms. The Morgan fingerprint density at radius 3 is 0.839 bits per heavy atom. The van der Waals surface area contributed by atoms with Gasteiger partial charge in [-0.1, -0.05) is 25.7 Å². The smallest absolute Gasteiger partial charge is 0.0890 e. The fourth-order valence-corrected chi connectivity index (χ4v) is 8.76. The first-order chi connectivity index (χ1) is 15.1. The van der Waals surface area contributed by atoms with E-state index < -0.39 is 0 Å². The summed E-state index contributed by atoms with van der Waals surface area (Å²) in [5.41, 5.74) is 0. The van der Waals surface area contributed by atoms with Gasteiger partial charge in [0.2, 0.25) is 0 Å². The summed E-state index contributed by atoms with van der Waals surface area (Å²) in [4.78, 5) is 0. The quantitative estimate of drug-likeness (QED) is 0.346. The lowest BCUT2D eigenvalue weighted by Gasteiger charge is -2.52. The zero-order valence-electron chi connectivity index (χ0n) is 21.5. The topological polar surface area (TPSA) is 0 Å². The maximum absolute atomic E-state index is 2.72. The fourth-order valence-electron chi connectivity index (χ4n) is 8.76. The van der Waals surface area contributed by atoms with E-state index in [4.69, 9.17) is 0 Å². The van der Waals surface area contributed by atoms with Crippen LogP contribution in [0.3, 0.4) is 0 Å². The lowest BCUT2D eigenvalue weighted by atomic mass is 9.85. The van der Waals surface area contributed by atoms with E-state index in [-0.39, 0.29) is 0 Å². The maximum Gasteiger partial charge on any atom is 0.0890 e. The van der Waals surface area contributed by atoms with Crippen LogP contribution in [-0.2, 0) is 0 Å². The van der Waals surface area contributed by atoms with E-state index >= 15 is 0 Å². The molecule has 0 aromatic carbocycles. The number of quaternary nitrogens is 2. The van der Waals surface area contributed by atoms with E-state index in [1.807, 2.05) is 0 Å². The van der Waals surface area contributed by atoms with Crippen molar-refractivity contribution in [2.45, 2.75) is 159 Å². The SMILES string of the molecule is C[N+](CCC[N+](C)(C1CCCCC1)C1CCCCC1)(C1CCCCC1)C1CCCCC1. The standard InChI is InChI=1S/C29H56N2/c1-30(26-16-7-3-8-17-26,27-18-9-4-10-19-27)24-15-25-31(2,28-20-11-5-12-21-28)29-22-13-6-14-23-29/h26-29H,3-25H2,1-2H3/q+2. The number of rotatable bonds is 8. The summed E-state index contributed by atoms with van der Waals surface area (Å²) < 4.78 is 2.91. The van der Waals surface area contributed by atoms with Crippen LogP contribution in [0, 0.1) is 0 Å². The molecule has 4 fully saturated rings. The molecule has 0 atom stereocenters. The Bertz CT molecular complexity index is 423. The monoisotopic (exact) mass is 432 g/mol. The molecule has 0 N–H and O–H groups in total. The minimum Gasteiger partial charge on any atom is -0.321 e. The Morgan fingerprint density at radius 2 is 0.613 bits per heavy atom. The van der Waals surface area contributed by atoms with Crippen molar-refractivity contribution in [1.82, 2.24) is 0 Å². The molecule has 0 spiro atoms. The van der Waals surface area contributed by atoms with Gasteiger partial charge in [-0.15, -0.1) is 0 Å². The minimum absolute atomic E-state index is 0.972. The Morgan fingerprint density at radius 1 is 0.387 bits per heavy atom. The van der Waals surface area contributed by atoms with Gasteiger partial charge in [-0.2, -0.15) is 0 Å². The van der Waals surface area contributed by atoms with E-state index in [2.05, 4.69) is 14.1 Å². The molecule has 4 aliphatic carbocycles. The number of hydrogen-bond donors (Lipinski definition) is 0. The van der Waals surface area contributed by atoms with Gasteiger partial charge in [-0.25, -0.2) is 0 Å². The van der Waals surface area contributed by atoms with Gasteiger partial charge in [0.05, 0.1) is 51.4 Å². The van der Waals surface area contributed by atoms with Gasteiger partial charge in [-0.3, -0.25) is 0 Å². The lowest BCUT2D eigenvalue weighted by molar-refractivity contribution is -0.975. The third kappa shape index (κ3) is 5.71. The third-order valence-electron chi connectivity index (χ3n) is 10.9. The zero-order chi connectivity index (χ0) is 21.6. The molecule has 0 amide bonds. The highest BCUT2D eigenvalue weighted by Gasteiger charge is 2.44. The summed E-state index contributed by atoms with van der Waals surface area (Å²) in [6.07, 6.45) is 31.6. The molecule has 0 aromatic heterocycles. The minimum atomic E-state index is 0.972. The van der Waals surface area contributed by atoms with Crippen molar-refractivity contribution >= 4 is 0 Å².